The maximum absolute atomic E-state index is 13.3. The molecule has 2 aromatic carbocycles. The minimum atomic E-state index is -4.68. The molecule has 0 spiro atoms. The number of halogens is 4. The Morgan fingerprint density at radius 2 is 1.68 bits per heavy atom. The second kappa shape index (κ2) is 7.44. The normalized spacial score (nSPS) is 12.0. The molecule has 4 nitrogen and oxygen atoms in total. The third kappa shape index (κ3) is 3.98. The Hall–Kier alpha value is -2.58. The molecule has 145 valence electrons. The smallest absolute Gasteiger partial charge is 0.238 e. The molecular weight excluding hydrogens is 413 g/mol. The summed E-state index contributed by atoms with van der Waals surface area (Å²) in [5.41, 5.74) is -0.967. The fraction of sp³-hybridized carbons (Fsp3) is 0.0526. The van der Waals surface area contributed by atoms with Crippen LogP contribution >= 0.6 is 11.6 Å². The topological polar surface area (TPSA) is 50.3 Å². The lowest BCUT2D eigenvalue weighted by molar-refractivity contribution is -0.137. The van der Waals surface area contributed by atoms with E-state index in [0.29, 0.717) is 15.9 Å². The van der Waals surface area contributed by atoms with E-state index in [1.807, 2.05) is 0 Å². The van der Waals surface area contributed by atoms with Gasteiger partial charge in [-0.05, 0) is 55.0 Å². The van der Waals surface area contributed by atoms with Crippen LogP contribution in [0.25, 0.3) is 0 Å². The molecule has 9 heteroatoms. The van der Waals surface area contributed by atoms with Gasteiger partial charge in [0.15, 0.2) is 0 Å². The van der Waals surface area contributed by atoms with Crippen LogP contribution in [0.5, 0.6) is 0 Å². The molecule has 0 fully saturated rings. The van der Waals surface area contributed by atoms with Crippen molar-refractivity contribution in [3.8, 4) is 0 Å². The largest absolute Gasteiger partial charge is 0.416 e. The summed E-state index contributed by atoms with van der Waals surface area (Å²) in [4.78, 5) is 3.88. The van der Waals surface area contributed by atoms with Crippen LogP contribution in [0, 0.1) is 6.92 Å². The summed E-state index contributed by atoms with van der Waals surface area (Å²) in [7, 11) is -4.32. The van der Waals surface area contributed by atoms with Crippen molar-refractivity contribution in [2.75, 3.05) is 4.31 Å². The average Bonchev–Trinajstić information content (AvgIpc) is 2.63. The number of benzene rings is 2. The summed E-state index contributed by atoms with van der Waals surface area (Å²) in [6.07, 6.45) is -3.37. The monoisotopic (exact) mass is 425 g/mol. The number of alkyl halides is 3. The lowest BCUT2D eigenvalue weighted by Gasteiger charge is -2.25. The third-order valence-electron chi connectivity index (χ3n) is 3.79. The highest BCUT2D eigenvalue weighted by Gasteiger charge is 2.34. The predicted octanol–water partition coefficient (Wildman–Crippen LogP) is 5.46. The number of sulfonamides is 1. The Labute approximate surface area is 165 Å². The van der Waals surface area contributed by atoms with Gasteiger partial charge in [-0.3, -0.25) is 0 Å². The first-order valence-electron chi connectivity index (χ1n) is 7.86. The second-order valence-corrected chi connectivity index (χ2v) is 7.96. The van der Waals surface area contributed by atoms with Gasteiger partial charge in [0.25, 0.3) is 10.0 Å². The van der Waals surface area contributed by atoms with Gasteiger partial charge in [-0.25, -0.2) is 17.7 Å². The molecule has 3 aromatic rings. The lowest BCUT2D eigenvalue weighted by Crippen LogP contribution is -2.28. The highest BCUT2D eigenvalue weighted by Crippen LogP contribution is 2.40. The summed E-state index contributed by atoms with van der Waals surface area (Å²) in [6, 6.07) is 12.6. The molecule has 0 amide bonds. The molecule has 0 unspecified atom stereocenters. The summed E-state index contributed by atoms with van der Waals surface area (Å²) in [5.74, 6) is -0.127. The average molecular weight is 426 g/mol. The van der Waals surface area contributed by atoms with Crippen molar-refractivity contribution in [3.05, 3.63) is 89.9 Å². The minimum Gasteiger partial charge on any atom is -0.238 e. The van der Waals surface area contributed by atoms with Crippen molar-refractivity contribution in [1.82, 2.24) is 4.98 Å². The van der Waals surface area contributed by atoms with E-state index < -0.39 is 21.8 Å². The molecule has 1 aromatic heterocycles. The number of aromatic nitrogens is 1. The molecule has 0 aliphatic rings. The van der Waals surface area contributed by atoms with Crippen LogP contribution in [-0.2, 0) is 16.2 Å². The first-order valence-corrected chi connectivity index (χ1v) is 9.67. The van der Waals surface area contributed by atoms with Crippen molar-refractivity contribution < 1.29 is 21.6 Å². The maximum atomic E-state index is 13.3. The van der Waals surface area contributed by atoms with E-state index in [0.717, 1.165) is 12.1 Å². The van der Waals surface area contributed by atoms with Gasteiger partial charge in [-0.2, -0.15) is 13.2 Å². The first kappa shape index (κ1) is 20.2. The number of rotatable bonds is 4. The number of nitrogens with zero attached hydrogens (tertiary/aromatic N) is 2. The van der Waals surface area contributed by atoms with Gasteiger partial charge in [-0.15, -0.1) is 0 Å². The number of hydrogen-bond donors (Lipinski definition) is 0. The fourth-order valence-electron chi connectivity index (χ4n) is 2.49. The van der Waals surface area contributed by atoms with Crippen LogP contribution in [0.3, 0.4) is 0 Å². The molecule has 0 saturated heterocycles. The van der Waals surface area contributed by atoms with E-state index in [2.05, 4.69) is 11.9 Å². The van der Waals surface area contributed by atoms with Crippen LogP contribution < -0.4 is 4.31 Å². The Balaban J connectivity index is 2.30. The standard InChI is InChI=1S/C19H13ClF3N2O2S/c1-13-9-10-24-18(11-13)25(28(26,27)15-5-3-2-4-6-15)17-12-14(19(21,22)23)7-8-16(17)20/h2-12H,1H2. The third-order valence-corrected chi connectivity index (χ3v) is 5.84. The summed E-state index contributed by atoms with van der Waals surface area (Å²) in [5, 5.41) is -0.177. The van der Waals surface area contributed by atoms with E-state index in [1.165, 1.54) is 42.6 Å². The number of anilines is 2. The van der Waals surface area contributed by atoms with E-state index in [9.17, 15) is 21.6 Å². The van der Waals surface area contributed by atoms with E-state index in [1.54, 1.807) is 6.07 Å². The summed E-state index contributed by atoms with van der Waals surface area (Å²) >= 11 is 6.11. The Morgan fingerprint density at radius 3 is 2.29 bits per heavy atom. The highest BCUT2D eigenvalue weighted by molar-refractivity contribution is 7.93. The van der Waals surface area contributed by atoms with Gasteiger partial charge >= 0.3 is 6.18 Å². The van der Waals surface area contributed by atoms with Crippen LogP contribution in [0.15, 0.2) is 71.8 Å². The predicted molar refractivity (Wildman–Crippen MR) is 101 cm³/mol. The molecule has 0 bridgehead atoms. The van der Waals surface area contributed by atoms with Crippen molar-refractivity contribution in [3.63, 3.8) is 0 Å². The zero-order valence-electron chi connectivity index (χ0n) is 14.2. The van der Waals surface area contributed by atoms with Crippen LogP contribution in [0.2, 0.25) is 5.02 Å². The van der Waals surface area contributed by atoms with Gasteiger partial charge in [0.2, 0.25) is 0 Å². The Kier molecular flexibility index (Phi) is 5.36. The fourth-order valence-corrected chi connectivity index (χ4v) is 4.21. The second-order valence-electron chi connectivity index (χ2n) is 5.77. The zero-order chi connectivity index (χ0) is 20.5. The van der Waals surface area contributed by atoms with Crippen molar-refractivity contribution in [2.24, 2.45) is 0 Å². The van der Waals surface area contributed by atoms with Crippen molar-refractivity contribution in [1.29, 1.82) is 0 Å². The molecule has 0 saturated carbocycles. The molecule has 28 heavy (non-hydrogen) atoms. The SMILES string of the molecule is [CH2]c1ccnc(N(c2cc(C(F)(F)F)ccc2Cl)S(=O)(=O)c2ccccc2)c1. The Bertz CT molecular complexity index is 1100. The minimum absolute atomic E-state index is 0.125. The zero-order valence-corrected chi connectivity index (χ0v) is 15.8. The quantitative estimate of drug-likeness (QED) is 0.557. The summed E-state index contributed by atoms with van der Waals surface area (Å²) < 4.78 is 66.9. The van der Waals surface area contributed by atoms with E-state index in [-0.39, 0.29) is 21.4 Å². The van der Waals surface area contributed by atoms with Crippen LogP contribution in [0.4, 0.5) is 24.7 Å². The van der Waals surface area contributed by atoms with Gasteiger partial charge in [0.05, 0.1) is 21.2 Å². The molecule has 1 heterocycles. The molecular formula is C19H13ClF3N2O2S. The van der Waals surface area contributed by atoms with Crippen molar-refractivity contribution >= 4 is 33.1 Å². The van der Waals surface area contributed by atoms with E-state index in [4.69, 9.17) is 11.6 Å². The van der Waals surface area contributed by atoms with Gasteiger partial charge < -0.3 is 0 Å². The maximum Gasteiger partial charge on any atom is 0.416 e. The van der Waals surface area contributed by atoms with Crippen LogP contribution in [0.1, 0.15) is 11.1 Å². The molecule has 0 aliphatic carbocycles. The highest BCUT2D eigenvalue weighted by atomic mass is 35.5. The van der Waals surface area contributed by atoms with Gasteiger partial charge in [0, 0.05) is 6.20 Å². The number of hydrogen-bond acceptors (Lipinski definition) is 3. The molecule has 0 aliphatic heterocycles. The van der Waals surface area contributed by atoms with Crippen LogP contribution in [-0.4, -0.2) is 13.4 Å². The number of pyridine rings is 1. The molecule has 1 radical (unpaired) electrons. The van der Waals surface area contributed by atoms with Gasteiger partial charge in [-0.1, -0.05) is 29.8 Å². The molecule has 3 rings (SSSR count). The van der Waals surface area contributed by atoms with Crippen molar-refractivity contribution in [2.45, 2.75) is 11.1 Å². The van der Waals surface area contributed by atoms with E-state index >= 15 is 0 Å². The lowest BCUT2D eigenvalue weighted by atomic mass is 10.2. The Morgan fingerprint density at radius 1 is 1.00 bits per heavy atom. The van der Waals surface area contributed by atoms with Gasteiger partial charge in [0.1, 0.15) is 5.82 Å². The summed E-state index contributed by atoms with van der Waals surface area (Å²) in [6.45, 7) is 3.72. The molecule has 0 atom stereocenters. The molecule has 0 N–H and O–H groups in total. The first-order chi connectivity index (χ1) is 13.1.